The number of aryl methyl sites for hydroxylation is 1. The van der Waals surface area contributed by atoms with Gasteiger partial charge < -0.3 is 4.42 Å². The summed E-state index contributed by atoms with van der Waals surface area (Å²) in [6, 6.07) is 28.4. The highest BCUT2D eigenvalue weighted by atomic mass is 32.1. The van der Waals surface area contributed by atoms with Crippen molar-refractivity contribution in [2.45, 2.75) is 6.92 Å². The Bertz CT molecular complexity index is 1480. The molecule has 27 heavy (non-hydrogen) atoms. The SMILES string of the molecule is Cc1ccc(-c2cc3c(ccc4c5cc6ccccc6cc5ccc34)o2)s1. The maximum absolute atomic E-state index is 6.17. The highest BCUT2D eigenvalue weighted by Gasteiger charge is 2.12. The summed E-state index contributed by atoms with van der Waals surface area (Å²) in [4.78, 5) is 2.48. The second-order valence-electron chi connectivity index (χ2n) is 7.08. The average molecular weight is 364 g/mol. The lowest BCUT2D eigenvalue weighted by molar-refractivity contribution is 0.633. The summed E-state index contributed by atoms with van der Waals surface area (Å²) in [5, 5.41) is 8.84. The van der Waals surface area contributed by atoms with Gasteiger partial charge in [0.15, 0.2) is 0 Å². The van der Waals surface area contributed by atoms with Gasteiger partial charge in [-0.2, -0.15) is 0 Å². The van der Waals surface area contributed by atoms with Crippen LogP contribution in [0.25, 0.3) is 53.9 Å². The largest absolute Gasteiger partial charge is 0.455 e. The molecular weight excluding hydrogens is 348 g/mol. The van der Waals surface area contributed by atoms with Gasteiger partial charge in [0.1, 0.15) is 11.3 Å². The summed E-state index contributed by atoms with van der Waals surface area (Å²) >= 11 is 1.77. The van der Waals surface area contributed by atoms with Gasteiger partial charge in [0.25, 0.3) is 0 Å². The summed E-state index contributed by atoms with van der Waals surface area (Å²) in [6.45, 7) is 2.13. The molecule has 6 aromatic rings. The van der Waals surface area contributed by atoms with Crippen LogP contribution in [0.5, 0.6) is 0 Å². The topological polar surface area (TPSA) is 13.1 Å². The maximum atomic E-state index is 6.17. The summed E-state index contributed by atoms with van der Waals surface area (Å²) < 4.78 is 6.17. The number of hydrogen-bond donors (Lipinski definition) is 0. The first-order chi connectivity index (χ1) is 13.3. The van der Waals surface area contributed by atoms with Crippen LogP contribution in [0.1, 0.15) is 4.88 Å². The molecule has 0 aliphatic carbocycles. The number of rotatable bonds is 1. The zero-order valence-electron chi connectivity index (χ0n) is 14.8. The first kappa shape index (κ1) is 15.0. The van der Waals surface area contributed by atoms with Crippen molar-refractivity contribution in [3.63, 3.8) is 0 Å². The third-order valence-electron chi connectivity index (χ3n) is 5.36. The Labute approximate surface area is 160 Å². The summed E-state index contributed by atoms with van der Waals surface area (Å²) in [6.07, 6.45) is 0. The highest BCUT2D eigenvalue weighted by molar-refractivity contribution is 7.15. The molecule has 0 saturated heterocycles. The van der Waals surface area contributed by atoms with Crippen LogP contribution in [0.3, 0.4) is 0 Å². The van der Waals surface area contributed by atoms with Gasteiger partial charge in [-0.3, -0.25) is 0 Å². The smallest absolute Gasteiger partial charge is 0.145 e. The molecule has 0 unspecified atom stereocenters. The van der Waals surface area contributed by atoms with Gasteiger partial charge in [0.05, 0.1) is 4.88 Å². The number of benzene rings is 4. The lowest BCUT2D eigenvalue weighted by Crippen LogP contribution is -1.80. The highest BCUT2D eigenvalue weighted by Crippen LogP contribution is 2.38. The van der Waals surface area contributed by atoms with Crippen molar-refractivity contribution in [2.75, 3.05) is 0 Å². The molecule has 6 rings (SSSR count). The summed E-state index contributed by atoms with van der Waals surface area (Å²) in [7, 11) is 0. The molecule has 0 saturated carbocycles. The molecule has 0 amide bonds. The second kappa shape index (κ2) is 5.45. The molecule has 0 aliphatic heterocycles. The number of thiophene rings is 1. The molecule has 2 heteroatoms. The first-order valence-electron chi connectivity index (χ1n) is 9.11. The van der Waals surface area contributed by atoms with E-state index in [1.165, 1.54) is 47.5 Å². The van der Waals surface area contributed by atoms with Gasteiger partial charge >= 0.3 is 0 Å². The molecule has 0 spiro atoms. The van der Waals surface area contributed by atoms with E-state index in [0.29, 0.717) is 0 Å². The van der Waals surface area contributed by atoms with Crippen LogP contribution in [-0.2, 0) is 0 Å². The lowest BCUT2D eigenvalue weighted by Gasteiger charge is -2.07. The van der Waals surface area contributed by atoms with Crippen LogP contribution in [0.15, 0.2) is 83.3 Å². The Kier molecular flexibility index (Phi) is 3.03. The van der Waals surface area contributed by atoms with Gasteiger partial charge in [0, 0.05) is 10.3 Å². The quantitative estimate of drug-likeness (QED) is 0.213. The Morgan fingerprint density at radius 2 is 1.41 bits per heavy atom. The maximum Gasteiger partial charge on any atom is 0.145 e. The summed E-state index contributed by atoms with van der Waals surface area (Å²) in [5.74, 6) is 0.953. The van der Waals surface area contributed by atoms with Crippen LogP contribution >= 0.6 is 11.3 Å². The number of hydrogen-bond acceptors (Lipinski definition) is 2. The van der Waals surface area contributed by atoms with Crippen LogP contribution in [0, 0.1) is 6.92 Å². The molecule has 4 aromatic carbocycles. The lowest BCUT2D eigenvalue weighted by atomic mass is 9.97. The monoisotopic (exact) mass is 364 g/mol. The van der Waals surface area contributed by atoms with E-state index in [2.05, 4.69) is 85.8 Å². The minimum Gasteiger partial charge on any atom is -0.455 e. The Morgan fingerprint density at radius 1 is 0.630 bits per heavy atom. The van der Waals surface area contributed by atoms with Crippen molar-refractivity contribution in [2.24, 2.45) is 0 Å². The number of furan rings is 1. The zero-order valence-corrected chi connectivity index (χ0v) is 15.6. The molecule has 1 nitrogen and oxygen atoms in total. The summed E-state index contributed by atoms with van der Waals surface area (Å²) in [5.41, 5.74) is 0.948. The molecule has 0 fully saturated rings. The molecule has 0 N–H and O–H groups in total. The van der Waals surface area contributed by atoms with Crippen molar-refractivity contribution < 1.29 is 4.42 Å². The normalized spacial score (nSPS) is 11.9. The van der Waals surface area contributed by atoms with Gasteiger partial charge in [-0.25, -0.2) is 0 Å². The zero-order chi connectivity index (χ0) is 18.0. The predicted octanol–water partition coefficient (Wildman–Crippen LogP) is 7.93. The van der Waals surface area contributed by atoms with E-state index in [4.69, 9.17) is 4.42 Å². The third-order valence-corrected chi connectivity index (χ3v) is 6.38. The molecule has 2 aromatic heterocycles. The Morgan fingerprint density at radius 3 is 2.22 bits per heavy atom. The molecular formula is C25H16OS. The van der Waals surface area contributed by atoms with E-state index in [0.717, 1.165) is 11.3 Å². The van der Waals surface area contributed by atoms with E-state index < -0.39 is 0 Å². The van der Waals surface area contributed by atoms with Crippen molar-refractivity contribution in [1.29, 1.82) is 0 Å². The van der Waals surface area contributed by atoms with E-state index in [-0.39, 0.29) is 0 Å². The first-order valence-corrected chi connectivity index (χ1v) is 9.92. The van der Waals surface area contributed by atoms with Crippen molar-refractivity contribution in [3.05, 3.63) is 83.7 Å². The van der Waals surface area contributed by atoms with E-state index in [1.54, 1.807) is 11.3 Å². The number of fused-ring (bicyclic) bond motifs is 6. The second-order valence-corrected chi connectivity index (χ2v) is 8.37. The minimum absolute atomic E-state index is 0.948. The minimum atomic E-state index is 0.948. The average Bonchev–Trinajstić information content (AvgIpc) is 3.32. The standard InChI is InChI=1S/C25H16OS/c1-15-6-11-25(27-15)24-14-22-20-8-7-18-12-16-4-2-3-5-17(16)13-21(18)19(20)9-10-23(22)26-24/h2-14H,1H3. The van der Waals surface area contributed by atoms with Gasteiger partial charge in [0.2, 0.25) is 0 Å². The fourth-order valence-electron chi connectivity index (χ4n) is 4.04. The van der Waals surface area contributed by atoms with Gasteiger partial charge in [-0.15, -0.1) is 11.3 Å². The van der Waals surface area contributed by atoms with Gasteiger partial charge in [-0.1, -0.05) is 42.5 Å². The van der Waals surface area contributed by atoms with Crippen molar-refractivity contribution in [3.8, 4) is 10.6 Å². The third kappa shape index (κ3) is 2.23. The van der Waals surface area contributed by atoms with Crippen molar-refractivity contribution in [1.82, 2.24) is 0 Å². The molecule has 0 atom stereocenters. The Hall–Kier alpha value is -3.10. The molecule has 0 bridgehead atoms. The van der Waals surface area contributed by atoms with E-state index in [1.807, 2.05) is 0 Å². The molecule has 2 heterocycles. The van der Waals surface area contributed by atoms with E-state index in [9.17, 15) is 0 Å². The van der Waals surface area contributed by atoms with Crippen LogP contribution in [0.4, 0.5) is 0 Å². The fraction of sp³-hybridized carbons (Fsp3) is 0.0400. The fourth-order valence-corrected chi connectivity index (χ4v) is 4.86. The molecule has 0 aliphatic rings. The molecule has 0 radical (unpaired) electrons. The van der Waals surface area contributed by atoms with Crippen LogP contribution in [-0.4, -0.2) is 0 Å². The molecule has 128 valence electrons. The van der Waals surface area contributed by atoms with Crippen molar-refractivity contribution >= 4 is 54.6 Å². The van der Waals surface area contributed by atoms with Crippen LogP contribution < -0.4 is 0 Å². The van der Waals surface area contributed by atoms with E-state index >= 15 is 0 Å². The van der Waals surface area contributed by atoms with Crippen LogP contribution in [0.2, 0.25) is 0 Å². The Balaban J connectivity index is 1.68. The predicted molar refractivity (Wildman–Crippen MR) is 117 cm³/mol. The van der Waals surface area contributed by atoms with Gasteiger partial charge in [-0.05, 0) is 75.6 Å².